The molecule has 0 unspecified atom stereocenters. The summed E-state index contributed by atoms with van der Waals surface area (Å²) in [5.74, 6) is -0.0602. The molecule has 24 heavy (non-hydrogen) atoms. The summed E-state index contributed by atoms with van der Waals surface area (Å²) >= 11 is 1.46. The maximum atomic E-state index is 12.2. The van der Waals surface area contributed by atoms with Gasteiger partial charge in [0, 0.05) is 24.3 Å². The molecule has 0 aromatic carbocycles. The fourth-order valence-electron chi connectivity index (χ4n) is 2.55. The van der Waals surface area contributed by atoms with Crippen LogP contribution in [0, 0.1) is 6.92 Å². The predicted molar refractivity (Wildman–Crippen MR) is 95.3 cm³/mol. The first kappa shape index (κ1) is 16.6. The van der Waals surface area contributed by atoms with Crippen LogP contribution in [0.3, 0.4) is 0 Å². The molecule has 1 N–H and O–H groups in total. The number of hydrogen-bond donors (Lipinski definition) is 1. The van der Waals surface area contributed by atoms with Gasteiger partial charge in [-0.1, -0.05) is 20.8 Å². The van der Waals surface area contributed by atoms with Crippen LogP contribution >= 0.6 is 11.3 Å². The number of carbonyl (C=O) groups is 1. The largest absolute Gasteiger partial charge is 0.302 e. The van der Waals surface area contributed by atoms with Crippen LogP contribution in [0.25, 0.3) is 11.0 Å². The number of nitrogens with one attached hydrogen (secondary N) is 1. The fraction of sp³-hybridized carbons (Fsp3) is 0.500. The molecular formula is C16H22N6OS. The Balaban J connectivity index is 1.64. The summed E-state index contributed by atoms with van der Waals surface area (Å²) in [5, 5.41) is 14.2. The predicted octanol–water partition coefficient (Wildman–Crippen LogP) is 2.86. The van der Waals surface area contributed by atoms with Gasteiger partial charge in [0.1, 0.15) is 11.0 Å². The Kier molecular flexibility index (Phi) is 4.16. The van der Waals surface area contributed by atoms with E-state index >= 15 is 0 Å². The number of aryl methyl sites for hydroxylation is 3. The van der Waals surface area contributed by atoms with Crippen molar-refractivity contribution in [2.75, 3.05) is 5.32 Å². The van der Waals surface area contributed by atoms with E-state index in [2.05, 4.69) is 41.3 Å². The molecule has 0 fully saturated rings. The molecule has 0 radical (unpaired) electrons. The molecule has 0 bridgehead atoms. The summed E-state index contributed by atoms with van der Waals surface area (Å²) in [6, 6.07) is 0. The Morgan fingerprint density at radius 2 is 2.12 bits per heavy atom. The van der Waals surface area contributed by atoms with E-state index in [0.29, 0.717) is 18.1 Å². The number of carbonyl (C=O) groups excluding carboxylic acids is 1. The van der Waals surface area contributed by atoms with Gasteiger partial charge >= 0.3 is 0 Å². The number of thiazole rings is 1. The van der Waals surface area contributed by atoms with Gasteiger partial charge in [0.2, 0.25) is 5.91 Å². The van der Waals surface area contributed by atoms with Gasteiger partial charge in [0.05, 0.1) is 24.1 Å². The van der Waals surface area contributed by atoms with Gasteiger partial charge < -0.3 is 5.32 Å². The van der Waals surface area contributed by atoms with Crippen molar-refractivity contribution in [2.24, 2.45) is 7.05 Å². The number of hydrogen-bond acceptors (Lipinski definition) is 5. The molecule has 7 nitrogen and oxygen atoms in total. The van der Waals surface area contributed by atoms with E-state index in [1.165, 1.54) is 11.3 Å². The molecule has 8 heteroatoms. The molecule has 0 saturated heterocycles. The molecule has 0 atom stereocenters. The minimum absolute atomic E-state index is 0.0159. The number of aromatic nitrogens is 5. The van der Waals surface area contributed by atoms with Crippen LogP contribution in [-0.2, 0) is 23.8 Å². The number of anilines is 1. The van der Waals surface area contributed by atoms with Gasteiger partial charge in [-0.05, 0) is 6.92 Å². The van der Waals surface area contributed by atoms with Gasteiger partial charge in [0.25, 0.3) is 0 Å². The van der Waals surface area contributed by atoms with E-state index in [0.717, 1.165) is 22.4 Å². The van der Waals surface area contributed by atoms with Crippen molar-refractivity contribution < 1.29 is 4.79 Å². The first-order valence-corrected chi connectivity index (χ1v) is 8.74. The summed E-state index contributed by atoms with van der Waals surface area (Å²) < 4.78 is 3.64. The molecule has 0 aliphatic heterocycles. The Bertz CT molecular complexity index is 882. The number of nitrogens with zero attached hydrogens (tertiary/aromatic N) is 5. The third-order valence-electron chi connectivity index (χ3n) is 3.88. The van der Waals surface area contributed by atoms with Gasteiger partial charge in [-0.15, -0.1) is 11.3 Å². The van der Waals surface area contributed by atoms with Gasteiger partial charge in [0.15, 0.2) is 5.13 Å². The van der Waals surface area contributed by atoms with E-state index in [1.54, 1.807) is 10.9 Å². The second-order valence-electron chi connectivity index (χ2n) is 6.90. The summed E-state index contributed by atoms with van der Waals surface area (Å²) in [6.45, 7) is 8.77. The van der Waals surface area contributed by atoms with Crippen molar-refractivity contribution in [3.8, 4) is 0 Å². The summed E-state index contributed by atoms with van der Waals surface area (Å²) in [7, 11) is 1.89. The number of fused-ring (bicyclic) bond motifs is 1. The molecule has 3 aromatic rings. The SMILES string of the molecule is Cc1nn(C)c2cnn(CCC(=O)Nc3nc(C(C)(C)C)cs3)c12. The van der Waals surface area contributed by atoms with Crippen molar-refractivity contribution in [1.29, 1.82) is 0 Å². The van der Waals surface area contributed by atoms with Crippen molar-refractivity contribution >= 4 is 33.4 Å². The smallest absolute Gasteiger partial charge is 0.228 e. The highest BCUT2D eigenvalue weighted by molar-refractivity contribution is 7.13. The summed E-state index contributed by atoms with van der Waals surface area (Å²) in [6.07, 6.45) is 2.12. The van der Waals surface area contributed by atoms with Crippen LogP contribution in [0.15, 0.2) is 11.6 Å². The monoisotopic (exact) mass is 346 g/mol. The van der Waals surface area contributed by atoms with E-state index in [9.17, 15) is 4.79 Å². The highest BCUT2D eigenvalue weighted by Crippen LogP contribution is 2.26. The van der Waals surface area contributed by atoms with Crippen LogP contribution in [0.5, 0.6) is 0 Å². The van der Waals surface area contributed by atoms with Crippen LogP contribution in [-0.4, -0.2) is 30.5 Å². The molecule has 0 saturated carbocycles. The Hall–Kier alpha value is -2.22. The standard InChI is InChI=1S/C16H22N6OS/c1-10-14-11(21(5)20-10)8-17-22(14)7-6-13(23)19-15-18-12(9-24-15)16(2,3)4/h8-9H,6-7H2,1-5H3,(H,18,19,23). The molecule has 3 rings (SSSR count). The van der Waals surface area contributed by atoms with E-state index < -0.39 is 0 Å². The normalized spacial score (nSPS) is 12.0. The number of amides is 1. The van der Waals surface area contributed by atoms with E-state index in [-0.39, 0.29) is 11.3 Å². The Labute approximate surface area is 144 Å². The fourth-order valence-corrected chi connectivity index (χ4v) is 3.50. The Morgan fingerprint density at radius 1 is 1.38 bits per heavy atom. The quantitative estimate of drug-likeness (QED) is 0.788. The lowest BCUT2D eigenvalue weighted by molar-refractivity contribution is -0.116. The van der Waals surface area contributed by atoms with Crippen LogP contribution in [0.4, 0.5) is 5.13 Å². The van der Waals surface area contributed by atoms with Gasteiger partial charge in [-0.2, -0.15) is 10.2 Å². The summed E-state index contributed by atoms with van der Waals surface area (Å²) in [4.78, 5) is 16.7. The summed E-state index contributed by atoms with van der Waals surface area (Å²) in [5.41, 5.74) is 3.85. The lowest BCUT2D eigenvalue weighted by Gasteiger charge is -2.14. The molecule has 0 spiro atoms. The van der Waals surface area contributed by atoms with Crippen molar-refractivity contribution in [3.05, 3.63) is 23.0 Å². The first-order valence-electron chi connectivity index (χ1n) is 7.86. The highest BCUT2D eigenvalue weighted by atomic mass is 32.1. The molecule has 128 valence electrons. The zero-order valence-corrected chi connectivity index (χ0v) is 15.4. The second-order valence-corrected chi connectivity index (χ2v) is 7.75. The molecule has 0 aliphatic carbocycles. The molecule has 0 aliphatic rings. The lowest BCUT2D eigenvalue weighted by atomic mass is 9.93. The van der Waals surface area contributed by atoms with Gasteiger partial charge in [-0.3, -0.25) is 14.2 Å². The first-order chi connectivity index (χ1) is 11.3. The third kappa shape index (κ3) is 3.19. The lowest BCUT2D eigenvalue weighted by Crippen LogP contribution is -2.16. The highest BCUT2D eigenvalue weighted by Gasteiger charge is 2.18. The van der Waals surface area contributed by atoms with Crippen molar-refractivity contribution in [3.63, 3.8) is 0 Å². The zero-order valence-electron chi connectivity index (χ0n) is 14.6. The maximum Gasteiger partial charge on any atom is 0.228 e. The molecule has 3 aromatic heterocycles. The zero-order chi connectivity index (χ0) is 17.5. The minimum atomic E-state index is -0.0602. The molecule has 1 amide bonds. The maximum absolute atomic E-state index is 12.2. The average Bonchev–Trinajstić information content (AvgIpc) is 3.15. The molecular weight excluding hydrogens is 324 g/mol. The van der Waals surface area contributed by atoms with Crippen LogP contribution in [0.2, 0.25) is 0 Å². The van der Waals surface area contributed by atoms with E-state index in [1.807, 2.05) is 24.0 Å². The van der Waals surface area contributed by atoms with Crippen molar-refractivity contribution in [1.82, 2.24) is 24.5 Å². The second kappa shape index (κ2) is 6.01. The van der Waals surface area contributed by atoms with Gasteiger partial charge in [-0.25, -0.2) is 4.98 Å². The Morgan fingerprint density at radius 3 is 2.79 bits per heavy atom. The number of rotatable bonds is 4. The minimum Gasteiger partial charge on any atom is -0.302 e. The third-order valence-corrected chi connectivity index (χ3v) is 4.64. The topological polar surface area (TPSA) is 77.6 Å². The van der Waals surface area contributed by atoms with Crippen LogP contribution in [0.1, 0.15) is 38.6 Å². The van der Waals surface area contributed by atoms with Crippen LogP contribution < -0.4 is 5.32 Å². The van der Waals surface area contributed by atoms with E-state index in [4.69, 9.17) is 0 Å². The molecule has 3 heterocycles. The average molecular weight is 346 g/mol. The van der Waals surface area contributed by atoms with Crippen molar-refractivity contribution in [2.45, 2.75) is 46.1 Å².